The van der Waals surface area contributed by atoms with E-state index in [-0.39, 0.29) is 5.92 Å². The number of aromatic nitrogens is 1. The first-order valence-corrected chi connectivity index (χ1v) is 6.29. The van der Waals surface area contributed by atoms with Crippen LogP contribution in [0.3, 0.4) is 0 Å². The zero-order chi connectivity index (χ0) is 14.3. The van der Waals surface area contributed by atoms with E-state index >= 15 is 0 Å². The molecule has 0 aliphatic carbocycles. The first-order chi connectivity index (χ1) is 8.90. The number of carbonyl (C=O) groups is 1. The molecule has 4 nitrogen and oxygen atoms in total. The number of aromatic carboxylic acids is 1. The summed E-state index contributed by atoms with van der Waals surface area (Å²) in [4.78, 5) is 11.6. The number of rotatable bonds is 3. The minimum Gasteiger partial charge on any atom is -0.495 e. The fourth-order valence-corrected chi connectivity index (χ4v) is 2.74. The number of ether oxygens (including phenoxy) is 1. The van der Waals surface area contributed by atoms with Crippen molar-refractivity contribution in [3.8, 4) is 5.75 Å². The van der Waals surface area contributed by atoms with E-state index in [4.69, 9.17) is 4.74 Å². The molecule has 0 aliphatic heterocycles. The van der Waals surface area contributed by atoms with Crippen LogP contribution in [0.4, 0.5) is 0 Å². The van der Waals surface area contributed by atoms with Gasteiger partial charge in [0.2, 0.25) is 0 Å². The molecule has 2 aromatic rings. The van der Waals surface area contributed by atoms with Gasteiger partial charge in [-0.1, -0.05) is 19.9 Å². The lowest BCUT2D eigenvalue weighted by molar-refractivity contribution is 0.0685. The van der Waals surface area contributed by atoms with Crippen molar-refractivity contribution >= 4 is 16.9 Å². The van der Waals surface area contributed by atoms with Crippen molar-refractivity contribution < 1.29 is 14.6 Å². The Hall–Kier alpha value is -1.97. The van der Waals surface area contributed by atoms with Crippen LogP contribution in [0.15, 0.2) is 12.1 Å². The molecule has 1 N–H and O–H groups in total. The Labute approximate surface area is 112 Å². The Kier molecular flexibility index (Phi) is 3.27. The van der Waals surface area contributed by atoms with Gasteiger partial charge >= 0.3 is 5.97 Å². The second-order valence-electron chi connectivity index (χ2n) is 5.09. The summed E-state index contributed by atoms with van der Waals surface area (Å²) in [5.74, 6) is -0.0537. The standard InChI is InChI=1S/C15H19NO3/c1-8(2)11-12-9(3)6-7-10(19-5)13(12)16(4)14(11)15(17)18/h6-8H,1-5H3,(H,17,18). The van der Waals surface area contributed by atoms with Gasteiger partial charge in [-0.05, 0) is 30.0 Å². The van der Waals surface area contributed by atoms with Crippen molar-refractivity contribution in [1.82, 2.24) is 4.57 Å². The molecule has 2 rings (SSSR count). The first-order valence-electron chi connectivity index (χ1n) is 6.29. The van der Waals surface area contributed by atoms with Gasteiger partial charge in [0.1, 0.15) is 11.4 Å². The Morgan fingerprint density at radius 1 is 1.37 bits per heavy atom. The maximum Gasteiger partial charge on any atom is 0.352 e. The molecule has 1 aromatic carbocycles. The third kappa shape index (κ3) is 1.87. The first kappa shape index (κ1) is 13.5. The Balaban J connectivity index is 3.04. The highest BCUT2D eigenvalue weighted by Crippen LogP contribution is 2.38. The van der Waals surface area contributed by atoms with E-state index in [1.54, 1.807) is 18.7 Å². The van der Waals surface area contributed by atoms with Gasteiger partial charge in [0.05, 0.1) is 12.6 Å². The quantitative estimate of drug-likeness (QED) is 0.922. The zero-order valence-electron chi connectivity index (χ0n) is 11.9. The molecule has 4 heteroatoms. The van der Waals surface area contributed by atoms with Crippen LogP contribution < -0.4 is 4.74 Å². The van der Waals surface area contributed by atoms with Crippen LogP contribution in [0, 0.1) is 6.92 Å². The Morgan fingerprint density at radius 2 is 2.00 bits per heavy atom. The number of aryl methyl sites for hydroxylation is 2. The number of hydrogen-bond donors (Lipinski definition) is 1. The Morgan fingerprint density at radius 3 is 2.47 bits per heavy atom. The average Bonchev–Trinajstić information content (AvgIpc) is 2.65. The fraction of sp³-hybridized carbons (Fsp3) is 0.400. The van der Waals surface area contributed by atoms with Crippen molar-refractivity contribution in [3.05, 3.63) is 29.0 Å². The summed E-state index contributed by atoms with van der Waals surface area (Å²) < 4.78 is 7.10. The molecule has 0 unspecified atom stereocenters. The van der Waals surface area contributed by atoms with Gasteiger partial charge in [-0.3, -0.25) is 0 Å². The largest absolute Gasteiger partial charge is 0.495 e. The van der Waals surface area contributed by atoms with Crippen molar-refractivity contribution in [2.45, 2.75) is 26.7 Å². The molecule has 1 heterocycles. The second kappa shape index (κ2) is 4.61. The van der Waals surface area contributed by atoms with Gasteiger partial charge in [0.15, 0.2) is 0 Å². The molecule has 1 aromatic heterocycles. The van der Waals surface area contributed by atoms with Crippen LogP contribution in [0.25, 0.3) is 10.9 Å². The molecule has 0 fully saturated rings. The van der Waals surface area contributed by atoms with Gasteiger partial charge in [0.25, 0.3) is 0 Å². The van der Waals surface area contributed by atoms with Crippen LogP contribution in [0.2, 0.25) is 0 Å². The molecule has 0 bridgehead atoms. The summed E-state index contributed by atoms with van der Waals surface area (Å²) in [5, 5.41) is 10.5. The van der Waals surface area contributed by atoms with E-state index in [0.29, 0.717) is 11.4 Å². The normalized spacial score (nSPS) is 11.3. The summed E-state index contributed by atoms with van der Waals surface area (Å²) in [6.45, 7) is 6.03. The van der Waals surface area contributed by atoms with Crippen LogP contribution in [-0.4, -0.2) is 22.8 Å². The van der Waals surface area contributed by atoms with E-state index in [0.717, 1.165) is 22.0 Å². The van der Waals surface area contributed by atoms with Crippen LogP contribution in [-0.2, 0) is 7.05 Å². The number of carboxylic acids is 1. The minimum atomic E-state index is -0.899. The van der Waals surface area contributed by atoms with E-state index in [1.807, 2.05) is 32.9 Å². The highest BCUT2D eigenvalue weighted by atomic mass is 16.5. The van der Waals surface area contributed by atoms with Crippen molar-refractivity contribution in [1.29, 1.82) is 0 Å². The van der Waals surface area contributed by atoms with E-state index in [1.165, 1.54) is 0 Å². The molecule has 0 amide bonds. The van der Waals surface area contributed by atoms with Crippen LogP contribution in [0.5, 0.6) is 5.75 Å². The number of hydrogen-bond acceptors (Lipinski definition) is 2. The maximum absolute atomic E-state index is 11.6. The molecule has 0 saturated heterocycles. The SMILES string of the molecule is COc1ccc(C)c2c(C(C)C)c(C(=O)O)n(C)c12. The van der Waals surface area contributed by atoms with Crippen molar-refractivity contribution in [2.75, 3.05) is 7.11 Å². The number of methoxy groups -OCH3 is 1. The number of nitrogens with zero attached hydrogens (tertiary/aromatic N) is 1. The maximum atomic E-state index is 11.6. The highest BCUT2D eigenvalue weighted by Gasteiger charge is 2.25. The molecule has 102 valence electrons. The summed E-state index contributed by atoms with van der Waals surface area (Å²) in [5.41, 5.74) is 3.14. The van der Waals surface area contributed by atoms with Crippen molar-refractivity contribution in [3.63, 3.8) is 0 Å². The molecule has 0 aliphatic rings. The fourth-order valence-electron chi connectivity index (χ4n) is 2.74. The van der Waals surface area contributed by atoms with Crippen LogP contribution in [0.1, 0.15) is 41.4 Å². The Bertz CT molecular complexity index is 653. The molecular formula is C15H19NO3. The number of carboxylic acid groups (broad SMARTS) is 1. The third-order valence-corrected chi connectivity index (χ3v) is 3.54. The summed E-state index contributed by atoms with van der Waals surface area (Å²) >= 11 is 0. The van der Waals surface area contributed by atoms with Gasteiger partial charge in [-0.25, -0.2) is 4.79 Å². The van der Waals surface area contributed by atoms with E-state index < -0.39 is 5.97 Å². The minimum absolute atomic E-state index is 0.139. The van der Waals surface area contributed by atoms with Crippen LogP contribution >= 0.6 is 0 Å². The van der Waals surface area contributed by atoms with Gasteiger partial charge in [-0.2, -0.15) is 0 Å². The van der Waals surface area contributed by atoms with Gasteiger partial charge < -0.3 is 14.4 Å². The number of benzene rings is 1. The third-order valence-electron chi connectivity index (χ3n) is 3.54. The zero-order valence-corrected chi connectivity index (χ0v) is 11.9. The lowest BCUT2D eigenvalue weighted by Gasteiger charge is -2.08. The molecular weight excluding hydrogens is 242 g/mol. The van der Waals surface area contributed by atoms with Gasteiger partial charge in [-0.15, -0.1) is 0 Å². The lowest BCUT2D eigenvalue weighted by Crippen LogP contribution is -2.08. The smallest absolute Gasteiger partial charge is 0.352 e. The van der Waals surface area contributed by atoms with Crippen molar-refractivity contribution in [2.24, 2.45) is 7.05 Å². The topological polar surface area (TPSA) is 51.5 Å². The lowest BCUT2D eigenvalue weighted by atomic mass is 9.96. The monoisotopic (exact) mass is 261 g/mol. The number of fused-ring (bicyclic) bond motifs is 1. The molecule has 19 heavy (non-hydrogen) atoms. The molecule has 0 radical (unpaired) electrons. The summed E-state index contributed by atoms with van der Waals surface area (Å²) in [6, 6.07) is 3.85. The summed E-state index contributed by atoms with van der Waals surface area (Å²) in [7, 11) is 3.38. The van der Waals surface area contributed by atoms with E-state index in [2.05, 4.69) is 0 Å². The summed E-state index contributed by atoms with van der Waals surface area (Å²) in [6.07, 6.45) is 0. The highest BCUT2D eigenvalue weighted by molar-refractivity contribution is 6.02. The molecule has 0 atom stereocenters. The average molecular weight is 261 g/mol. The predicted octanol–water partition coefficient (Wildman–Crippen LogP) is 3.32. The predicted molar refractivity (Wildman–Crippen MR) is 75.3 cm³/mol. The second-order valence-corrected chi connectivity index (χ2v) is 5.09. The van der Waals surface area contributed by atoms with Gasteiger partial charge in [0, 0.05) is 12.4 Å². The molecule has 0 saturated carbocycles. The van der Waals surface area contributed by atoms with E-state index in [9.17, 15) is 9.90 Å². The molecule has 0 spiro atoms.